The van der Waals surface area contributed by atoms with Gasteiger partial charge in [0.25, 0.3) is 5.91 Å². The van der Waals surface area contributed by atoms with E-state index in [2.05, 4.69) is 5.10 Å². The summed E-state index contributed by atoms with van der Waals surface area (Å²) in [6.07, 6.45) is 3.51. The molecule has 0 aliphatic carbocycles. The van der Waals surface area contributed by atoms with Crippen LogP contribution in [0.25, 0.3) is 0 Å². The number of carbonyl (C=O) groups is 4. The van der Waals surface area contributed by atoms with E-state index in [-0.39, 0.29) is 37.2 Å². The van der Waals surface area contributed by atoms with Crippen molar-refractivity contribution in [3.63, 3.8) is 0 Å². The van der Waals surface area contributed by atoms with Crippen molar-refractivity contribution in [3.8, 4) is 0 Å². The Labute approximate surface area is 145 Å². The molecular formula is C17H20N4O4. The smallest absolute Gasteiger partial charge is 0.258 e. The molecule has 0 unspecified atom stereocenters. The normalized spacial score (nSPS) is 36.7. The van der Waals surface area contributed by atoms with Gasteiger partial charge in [0.15, 0.2) is 5.54 Å². The minimum Gasteiger partial charge on any atom is -0.282 e. The maximum absolute atomic E-state index is 13.2. The van der Waals surface area contributed by atoms with E-state index in [1.54, 1.807) is 31.9 Å². The molecule has 4 aliphatic rings. The number of allylic oxidation sites excluding steroid dienone is 1. The number of carbonyl (C=O) groups excluding carboxylic acids is 4. The van der Waals surface area contributed by atoms with Crippen LogP contribution in [0.4, 0.5) is 0 Å². The van der Waals surface area contributed by atoms with E-state index < -0.39 is 29.3 Å². The van der Waals surface area contributed by atoms with Crippen molar-refractivity contribution in [1.29, 1.82) is 0 Å². The van der Waals surface area contributed by atoms with Gasteiger partial charge in [0, 0.05) is 13.1 Å². The summed E-state index contributed by atoms with van der Waals surface area (Å²) in [6.45, 7) is 5.76. The van der Waals surface area contributed by atoms with Crippen molar-refractivity contribution >= 4 is 29.3 Å². The molecule has 3 fully saturated rings. The molecule has 0 bridgehead atoms. The van der Waals surface area contributed by atoms with Crippen LogP contribution in [0, 0.1) is 11.8 Å². The fourth-order valence-corrected chi connectivity index (χ4v) is 4.76. The second-order valence-corrected chi connectivity index (χ2v) is 6.90. The highest BCUT2D eigenvalue weighted by Crippen LogP contribution is 2.54. The summed E-state index contributed by atoms with van der Waals surface area (Å²) in [5, 5.41) is 6.04. The number of hydrogen-bond acceptors (Lipinski definition) is 6. The lowest BCUT2D eigenvalue weighted by Crippen LogP contribution is -2.56. The molecule has 8 heteroatoms. The third-order valence-corrected chi connectivity index (χ3v) is 5.79. The Balaban J connectivity index is 1.92. The van der Waals surface area contributed by atoms with Gasteiger partial charge < -0.3 is 0 Å². The van der Waals surface area contributed by atoms with Gasteiger partial charge in [-0.25, -0.2) is 0 Å². The highest BCUT2D eigenvalue weighted by molar-refractivity contribution is 6.16. The summed E-state index contributed by atoms with van der Waals surface area (Å²) >= 11 is 0. The van der Waals surface area contributed by atoms with Crippen molar-refractivity contribution in [2.24, 2.45) is 16.9 Å². The molecule has 0 saturated carbocycles. The van der Waals surface area contributed by atoms with Gasteiger partial charge in [-0.3, -0.25) is 34.0 Å². The van der Waals surface area contributed by atoms with Crippen molar-refractivity contribution in [2.45, 2.75) is 38.8 Å². The first-order valence-electron chi connectivity index (χ1n) is 8.61. The number of rotatable bonds is 2. The molecule has 0 aromatic carbocycles. The van der Waals surface area contributed by atoms with Gasteiger partial charge in [-0.1, -0.05) is 6.08 Å². The zero-order chi connectivity index (χ0) is 18.1. The number of nitrogens with zero attached hydrogens (tertiary/aromatic N) is 4. The first-order valence-corrected chi connectivity index (χ1v) is 8.61. The maximum Gasteiger partial charge on any atom is 0.258 e. The molecule has 132 valence electrons. The molecule has 4 atom stereocenters. The lowest BCUT2D eigenvalue weighted by Gasteiger charge is -2.37. The van der Waals surface area contributed by atoms with E-state index in [4.69, 9.17) is 0 Å². The average molecular weight is 344 g/mol. The van der Waals surface area contributed by atoms with Gasteiger partial charge in [0.05, 0.1) is 30.0 Å². The molecule has 4 aliphatic heterocycles. The Morgan fingerprint density at radius 2 is 1.80 bits per heavy atom. The van der Waals surface area contributed by atoms with Crippen LogP contribution in [0.3, 0.4) is 0 Å². The molecule has 4 heterocycles. The van der Waals surface area contributed by atoms with Gasteiger partial charge >= 0.3 is 0 Å². The fraction of sp³-hybridized carbons (Fsp3) is 0.588. The summed E-state index contributed by atoms with van der Waals surface area (Å²) in [7, 11) is 0. The second-order valence-electron chi connectivity index (χ2n) is 6.90. The van der Waals surface area contributed by atoms with Crippen LogP contribution in [0.15, 0.2) is 17.3 Å². The second kappa shape index (κ2) is 5.00. The number of fused-ring (bicyclic) bond motifs is 5. The van der Waals surface area contributed by atoms with Gasteiger partial charge in [-0.15, -0.1) is 0 Å². The molecule has 0 radical (unpaired) electrons. The maximum atomic E-state index is 13.2. The SMILES string of the molecule is CCN1C(=O)[C@H]2[C@@H](C1=O)[C@]1(CC(=O)N(CC)C1=O)N1N=C(C)C=C[C@@H]21. The molecule has 0 aromatic rings. The average Bonchev–Trinajstić information content (AvgIpc) is 3.10. The minimum atomic E-state index is -1.38. The molecule has 1 spiro atoms. The zero-order valence-electron chi connectivity index (χ0n) is 14.4. The van der Waals surface area contributed by atoms with Crippen molar-refractivity contribution in [2.75, 3.05) is 13.1 Å². The first-order chi connectivity index (χ1) is 11.9. The summed E-state index contributed by atoms with van der Waals surface area (Å²) in [5.41, 5.74) is -0.705. The van der Waals surface area contributed by atoms with Crippen LogP contribution < -0.4 is 0 Å². The van der Waals surface area contributed by atoms with Crippen molar-refractivity contribution < 1.29 is 19.2 Å². The van der Waals surface area contributed by atoms with E-state index in [9.17, 15) is 19.2 Å². The molecule has 4 amide bonds. The molecule has 0 N–H and O–H groups in total. The number of likely N-dealkylation sites (tertiary alicyclic amines) is 2. The van der Waals surface area contributed by atoms with Crippen molar-refractivity contribution in [3.05, 3.63) is 12.2 Å². The number of imide groups is 2. The van der Waals surface area contributed by atoms with E-state index in [0.717, 1.165) is 0 Å². The van der Waals surface area contributed by atoms with Crippen LogP contribution in [0.2, 0.25) is 0 Å². The highest BCUT2D eigenvalue weighted by Gasteiger charge is 2.75. The largest absolute Gasteiger partial charge is 0.282 e. The number of hydrazone groups is 1. The molecule has 3 saturated heterocycles. The summed E-state index contributed by atoms with van der Waals surface area (Å²) in [6, 6.07) is -0.477. The van der Waals surface area contributed by atoms with Crippen LogP contribution >= 0.6 is 0 Å². The monoisotopic (exact) mass is 344 g/mol. The zero-order valence-corrected chi connectivity index (χ0v) is 14.4. The lowest BCUT2D eigenvalue weighted by atomic mass is 9.79. The third-order valence-electron chi connectivity index (χ3n) is 5.79. The Bertz CT molecular complexity index is 773. The quantitative estimate of drug-likeness (QED) is 0.645. The predicted octanol–water partition coefficient (Wildman–Crippen LogP) is -0.245. The van der Waals surface area contributed by atoms with Gasteiger partial charge in [-0.2, -0.15) is 5.10 Å². The Kier molecular flexibility index (Phi) is 3.20. The summed E-state index contributed by atoms with van der Waals surface area (Å²) in [5.74, 6) is -2.91. The Morgan fingerprint density at radius 3 is 2.40 bits per heavy atom. The molecule has 4 rings (SSSR count). The molecule has 0 aromatic heterocycles. The molecule has 8 nitrogen and oxygen atoms in total. The van der Waals surface area contributed by atoms with Gasteiger partial charge in [0.2, 0.25) is 17.7 Å². The lowest BCUT2D eigenvalue weighted by molar-refractivity contribution is -0.149. The van der Waals surface area contributed by atoms with Crippen LogP contribution in [0.5, 0.6) is 0 Å². The Morgan fingerprint density at radius 1 is 1.12 bits per heavy atom. The number of likely N-dealkylation sites (N-methyl/N-ethyl adjacent to an activating group) is 1. The minimum absolute atomic E-state index is 0.113. The molecular weight excluding hydrogens is 324 g/mol. The van der Waals surface area contributed by atoms with Gasteiger partial charge in [-0.05, 0) is 26.8 Å². The van der Waals surface area contributed by atoms with Crippen molar-refractivity contribution in [1.82, 2.24) is 14.8 Å². The van der Waals surface area contributed by atoms with Crippen LogP contribution in [-0.2, 0) is 19.2 Å². The summed E-state index contributed by atoms with van der Waals surface area (Å²) in [4.78, 5) is 53.9. The summed E-state index contributed by atoms with van der Waals surface area (Å²) < 4.78 is 0. The number of amides is 4. The molecule has 25 heavy (non-hydrogen) atoms. The third kappa shape index (κ3) is 1.69. The standard InChI is InChI=1S/C17H20N4O4/c1-4-19-11(22)8-17(16(19)25)13-12(14(23)20(5-2)15(13)24)10-7-6-9(3)18-21(10)17/h6-7,10,12-13H,4-5,8H2,1-3H3/t10-,12+,13-,17-/m0/s1. The van der Waals surface area contributed by atoms with Gasteiger partial charge in [0.1, 0.15) is 0 Å². The van der Waals surface area contributed by atoms with E-state index >= 15 is 0 Å². The van der Waals surface area contributed by atoms with E-state index in [1.165, 1.54) is 9.80 Å². The van der Waals surface area contributed by atoms with E-state index in [1.807, 2.05) is 6.08 Å². The predicted molar refractivity (Wildman–Crippen MR) is 87.0 cm³/mol. The van der Waals surface area contributed by atoms with E-state index in [0.29, 0.717) is 5.71 Å². The topological polar surface area (TPSA) is 90.4 Å². The number of hydrogen-bond donors (Lipinski definition) is 0. The first kappa shape index (κ1) is 16.0. The van der Waals surface area contributed by atoms with Crippen LogP contribution in [0.1, 0.15) is 27.2 Å². The highest BCUT2D eigenvalue weighted by atomic mass is 16.2. The Hall–Kier alpha value is -2.51. The fourth-order valence-electron chi connectivity index (χ4n) is 4.76. The van der Waals surface area contributed by atoms with Crippen LogP contribution in [-0.4, -0.2) is 68.8 Å².